The van der Waals surface area contributed by atoms with E-state index in [4.69, 9.17) is 17.0 Å². The number of pyridine rings is 1. The minimum atomic E-state index is -3.53. The summed E-state index contributed by atoms with van der Waals surface area (Å²) >= 11 is 8.33. The zero-order valence-electron chi connectivity index (χ0n) is 8.85. The van der Waals surface area contributed by atoms with Gasteiger partial charge in [-0.3, -0.25) is 0 Å². The predicted molar refractivity (Wildman–Crippen MR) is 68.9 cm³/mol. The highest BCUT2D eigenvalue weighted by molar-refractivity contribution is 9.10. The second-order valence-electron chi connectivity index (χ2n) is 3.51. The molecule has 2 rings (SSSR count). The first-order chi connectivity index (χ1) is 8.03. The van der Waals surface area contributed by atoms with E-state index in [2.05, 4.69) is 20.9 Å². The lowest BCUT2D eigenvalue weighted by atomic mass is 10.5. The van der Waals surface area contributed by atoms with Crippen LogP contribution in [0.15, 0.2) is 21.8 Å². The van der Waals surface area contributed by atoms with Gasteiger partial charge in [0.05, 0.1) is 22.2 Å². The van der Waals surface area contributed by atoms with Gasteiger partial charge in [0.25, 0.3) is 0 Å². The van der Waals surface area contributed by atoms with Crippen LogP contribution in [0.1, 0.15) is 0 Å². The Balaban J connectivity index is 2.44. The van der Waals surface area contributed by atoms with Crippen LogP contribution in [-0.2, 0) is 14.8 Å². The predicted octanol–water partition coefficient (Wildman–Crippen LogP) is 1.53. The number of sulfonamides is 1. The molecule has 0 aromatic carbocycles. The van der Waals surface area contributed by atoms with E-state index in [1.165, 1.54) is 10.5 Å². The van der Waals surface area contributed by atoms with Crippen LogP contribution in [0.4, 0.5) is 0 Å². The average molecular weight is 339 g/mol. The molecule has 0 bridgehead atoms. The zero-order chi connectivity index (χ0) is 12.5. The van der Waals surface area contributed by atoms with Crippen molar-refractivity contribution in [1.82, 2.24) is 9.29 Å². The molecule has 8 heteroatoms. The quantitative estimate of drug-likeness (QED) is 0.830. The first-order valence-corrected chi connectivity index (χ1v) is 7.62. The summed E-state index contributed by atoms with van der Waals surface area (Å²) in [5.74, 6) is 0. The van der Waals surface area contributed by atoms with Gasteiger partial charge in [-0.05, 0) is 15.9 Å². The molecule has 1 aliphatic rings. The largest absolute Gasteiger partial charge is 0.379 e. The van der Waals surface area contributed by atoms with Crippen molar-refractivity contribution in [3.8, 4) is 0 Å². The van der Waals surface area contributed by atoms with Gasteiger partial charge < -0.3 is 9.72 Å². The maximum absolute atomic E-state index is 12.3. The van der Waals surface area contributed by atoms with Gasteiger partial charge in [-0.2, -0.15) is 4.31 Å². The molecule has 94 valence electrons. The smallest absolute Gasteiger partial charge is 0.246 e. The fraction of sp³-hybridized carbons (Fsp3) is 0.444. The van der Waals surface area contributed by atoms with E-state index in [0.29, 0.717) is 35.3 Å². The summed E-state index contributed by atoms with van der Waals surface area (Å²) in [6.07, 6.45) is 3.03. The molecular weight excluding hydrogens is 328 g/mol. The molecule has 0 aliphatic carbocycles. The van der Waals surface area contributed by atoms with Crippen LogP contribution >= 0.6 is 28.1 Å². The number of ether oxygens (including phenoxy) is 1. The molecule has 0 spiro atoms. The van der Waals surface area contributed by atoms with Gasteiger partial charge in [-0.1, -0.05) is 12.2 Å². The lowest BCUT2D eigenvalue weighted by molar-refractivity contribution is 0.0730. The van der Waals surface area contributed by atoms with E-state index in [1.807, 2.05) is 0 Å². The number of hydrogen-bond donors (Lipinski definition) is 1. The lowest BCUT2D eigenvalue weighted by Crippen LogP contribution is -2.40. The van der Waals surface area contributed by atoms with Crippen molar-refractivity contribution in [3.05, 3.63) is 21.4 Å². The van der Waals surface area contributed by atoms with Gasteiger partial charge in [-0.25, -0.2) is 8.42 Å². The molecule has 1 aromatic rings. The Hall–Kier alpha value is -0.280. The summed E-state index contributed by atoms with van der Waals surface area (Å²) in [5, 5.41) is 0. The number of aromatic amines is 1. The van der Waals surface area contributed by atoms with Crippen LogP contribution < -0.4 is 0 Å². The second-order valence-corrected chi connectivity index (χ2v) is 6.68. The molecule has 1 aromatic heterocycles. The lowest BCUT2D eigenvalue weighted by Gasteiger charge is -2.26. The first kappa shape index (κ1) is 13.2. The van der Waals surface area contributed by atoms with Crippen molar-refractivity contribution < 1.29 is 13.2 Å². The van der Waals surface area contributed by atoms with E-state index < -0.39 is 10.0 Å². The number of hydrogen-bond acceptors (Lipinski definition) is 4. The van der Waals surface area contributed by atoms with E-state index in [0.717, 1.165) is 0 Å². The van der Waals surface area contributed by atoms with Gasteiger partial charge in [0.1, 0.15) is 4.90 Å². The van der Waals surface area contributed by atoms with Crippen LogP contribution in [0.3, 0.4) is 0 Å². The Morgan fingerprint density at radius 1 is 1.35 bits per heavy atom. The summed E-state index contributed by atoms with van der Waals surface area (Å²) in [7, 11) is -3.53. The standard InChI is InChI=1S/C9H11BrN2O3S2/c10-7-5-11-6-8(9(7)16)17(13,14)12-1-3-15-4-2-12/h5-6H,1-4H2,(H,11,16). The molecule has 1 saturated heterocycles. The minimum absolute atomic E-state index is 0.128. The summed E-state index contributed by atoms with van der Waals surface area (Å²) < 4.78 is 32.0. The Morgan fingerprint density at radius 2 is 2.00 bits per heavy atom. The van der Waals surface area contributed by atoms with E-state index >= 15 is 0 Å². The molecule has 0 saturated carbocycles. The van der Waals surface area contributed by atoms with Gasteiger partial charge in [-0.15, -0.1) is 0 Å². The van der Waals surface area contributed by atoms with Crippen molar-refractivity contribution >= 4 is 38.2 Å². The van der Waals surface area contributed by atoms with E-state index in [1.54, 1.807) is 6.20 Å². The first-order valence-electron chi connectivity index (χ1n) is 4.98. The molecule has 0 atom stereocenters. The Kier molecular flexibility index (Phi) is 3.99. The number of rotatable bonds is 2. The summed E-state index contributed by atoms with van der Waals surface area (Å²) in [6, 6.07) is 0. The van der Waals surface area contributed by atoms with E-state index in [9.17, 15) is 8.42 Å². The molecule has 0 radical (unpaired) electrons. The molecule has 0 unspecified atom stereocenters. The molecule has 17 heavy (non-hydrogen) atoms. The number of aromatic nitrogens is 1. The third kappa shape index (κ3) is 2.60. The van der Waals surface area contributed by atoms with Crippen LogP contribution in [0.25, 0.3) is 0 Å². The molecular formula is C9H11BrN2O3S2. The van der Waals surface area contributed by atoms with Crippen molar-refractivity contribution in [1.29, 1.82) is 0 Å². The minimum Gasteiger partial charge on any atom is -0.379 e. The van der Waals surface area contributed by atoms with Crippen molar-refractivity contribution in [2.45, 2.75) is 4.90 Å². The Morgan fingerprint density at radius 3 is 2.65 bits per heavy atom. The van der Waals surface area contributed by atoms with Crippen LogP contribution in [-0.4, -0.2) is 44.0 Å². The van der Waals surface area contributed by atoms with E-state index in [-0.39, 0.29) is 4.90 Å². The molecule has 5 nitrogen and oxygen atoms in total. The third-order valence-electron chi connectivity index (χ3n) is 2.45. The van der Waals surface area contributed by atoms with Gasteiger partial charge in [0.15, 0.2) is 0 Å². The van der Waals surface area contributed by atoms with Gasteiger partial charge in [0.2, 0.25) is 10.0 Å². The van der Waals surface area contributed by atoms with Crippen molar-refractivity contribution in [2.75, 3.05) is 26.3 Å². The molecule has 1 N–H and O–H groups in total. The number of nitrogens with one attached hydrogen (secondary N) is 1. The SMILES string of the molecule is O=S(=O)(c1c[nH]cc(Br)c1=S)N1CCOCC1. The van der Waals surface area contributed by atoms with Gasteiger partial charge in [0, 0.05) is 25.5 Å². The highest BCUT2D eigenvalue weighted by Crippen LogP contribution is 2.22. The number of nitrogens with zero attached hydrogens (tertiary/aromatic N) is 1. The molecule has 2 heterocycles. The molecule has 0 amide bonds. The third-order valence-corrected chi connectivity index (χ3v) is 5.83. The van der Waals surface area contributed by atoms with Crippen LogP contribution in [0.5, 0.6) is 0 Å². The topological polar surface area (TPSA) is 62.4 Å². The fourth-order valence-corrected chi connectivity index (χ4v) is 3.94. The Labute approximate surface area is 113 Å². The maximum atomic E-state index is 12.3. The molecule has 1 aliphatic heterocycles. The van der Waals surface area contributed by atoms with Crippen molar-refractivity contribution in [2.24, 2.45) is 0 Å². The Bertz CT molecular complexity index is 564. The normalized spacial score (nSPS) is 18.2. The zero-order valence-corrected chi connectivity index (χ0v) is 12.1. The summed E-state index contributed by atoms with van der Waals surface area (Å²) in [4.78, 5) is 2.89. The van der Waals surface area contributed by atoms with Crippen molar-refractivity contribution in [3.63, 3.8) is 0 Å². The summed E-state index contributed by atoms with van der Waals surface area (Å²) in [6.45, 7) is 1.57. The second kappa shape index (κ2) is 5.15. The number of H-pyrrole nitrogens is 1. The number of morpholine rings is 1. The van der Waals surface area contributed by atoms with Crippen LogP contribution in [0.2, 0.25) is 0 Å². The average Bonchev–Trinajstić information content (AvgIpc) is 2.33. The maximum Gasteiger partial charge on any atom is 0.246 e. The highest BCUT2D eigenvalue weighted by Gasteiger charge is 2.27. The highest BCUT2D eigenvalue weighted by atomic mass is 79.9. The van der Waals surface area contributed by atoms with Gasteiger partial charge >= 0.3 is 0 Å². The van der Waals surface area contributed by atoms with Crippen LogP contribution in [0, 0.1) is 4.51 Å². The number of halogens is 1. The monoisotopic (exact) mass is 338 g/mol. The fourth-order valence-electron chi connectivity index (χ4n) is 1.56. The molecule has 1 fully saturated rings. The summed E-state index contributed by atoms with van der Waals surface area (Å²) in [5.41, 5.74) is 0.